The summed E-state index contributed by atoms with van der Waals surface area (Å²) in [6.45, 7) is 3.69. The number of aryl methyl sites for hydroxylation is 1. The van der Waals surface area contributed by atoms with E-state index < -0.39 is 17.8 Å². The first-order chi connectivity index (χ1) is 24.1. The van der Waals surface area contributed by atoms with Gasteiger partial charge in [-0.05, 0) is 92.6 Å². The lowest BCUT2D eigenvalue weighted by atomic mass is 9.68. The molecular weight excluding hydrogens is 742 g/mol. The molecule has 2 bridgehead atoms. The van der Waals surface area contributed by atoms with Crippen LogP contribution in [-0.4, -0.2) is 47.1 Å². The Hall–Kier alpha value is -4.20. The third-order valence-electron chi connectivity index (χ3n) is 10.4. The largest absolute Gasteiger partial charge is 0.483 e. The third kappa shape index (κ3) is 5.50. The number of hydrogen-bond acceptors (Lipinski definition) is 9. The van der Waals surface area contributed by atoms with Crippen molar-refractivity contribution in [2.45, 2.75) is 36.5 Å². The average Bonchev–Trinajstić information content (AvgIpc) is 3.84. The molecule has 0 unspecified atom stereocenters. The summed E-state index contributed by atoms with van der Waals surface area (Å²) >= 11 is 6.42. The molecule has 0 radical (unpaired) electrons. The summed E-state index contributed by atoms with van der Waals surface area (Å²) in [4.78, 5) is 71.1. The highest BCUT2D eigenvalue weighted by molar-refractivity contribution is 9.10. The Morgan fingerprint density at radius 1 is 0.980 bits per heavy atom. The predicted octanol–water partition coefficient (Wildman–Crippen LogP) is 6.38. The summed E-state index contributed by atoms with van der Waals surface area (Å²) in [6.07, 6.45) is 0.758. The van der Waals surface area contributed by atoms with E-state index in [1.165, 1.54) is 4.90 Å². The lowest BCUT2D eigenvalue weighted by Gasteiger charge is -2.43. The van der Waals surface area contributed by atoms with Crippen LogP contribution < -0.4 is 19.8 Å². The Bertz CT molecular complexity index is 2100. The van der Waals surface area contributed by atoms with Gasteiger partial charge in [0.05, 0.1) is 34.7 Å². The zero-order valence-corrected chi connectivity index (χ0v) is 30.2. The van der Waals surface area contributed by atoms with Gasteiger partial charge in [-0.15, -0.1) is 11.8 Å². The van der Waals surface area contributed by atoms with E-state index >= 15 is 0 Å². The molecule has 3 amide bonds. The van der Waals surface area contributed by atoms with Crippen LogP contribution in [0.25, 0.3) is 0 Å². The number of imide groups is 1. The van der Waals surface area contributed by atoms with Crippen LogP contribution in [0.4, 0.5) is 11.4 Å². The molecule has 10 nitrogen and oxygen atoms in total. The van der Waals surface area contributed by atoms with Crippen molar-refractivity contribution >= 4 is 74.1 Å². The monoisotopic (exact) mass is 773 g/mol. The molecule has 3 heterocycles. The van der Waals surface area contributed by atoms with Crippen molar-refractivity contribution in [2.24, 2.45) is 29.6 Å². The highest BCUT2D eigenvalue weighted by atomic mass is 79.9. The zero-order chi connectivity index (χ0) is 34.8. The van der Waals surface area contributed by atoms with Gasteiger partial charge in [0.15, 0.2) is 6.61 Å². The summed E-state index contributed by atoms with van der Waals surface area (Å²) in [5.74, 6) is -1.87. The molecule has 4 aromatic rings. The quantitative estimate of drug-likeness (QED) is 0.156. The van der Waals surface area contributed by atoms with Gasteiger partial charge in [0.1, 0.15) is 5.75 Å². The number of hydrogen-bond donors (Lipinski definition) is 2. The Labute approximate surface area is 304 Å². The summed E-state index contributed by atoms with van der Waals surface area (Å²) < 4.78 is 12.0. The summed E-state index contributed by atoms with van der Waals surface area (Å²) in [5, 5.41) is 3.60. The first-order valence-electron chi connectivity index (χ1n) is 16.5. The fourth-order valence-electron chi connectivity index (χ4n) is 8.45. The van der Waals surface area contributed by atoms with Crippen LogP contribution in [0, 0.1) is 36.5 Å². The first-order valence-corrected chi connectivity index (χ1v) is 18.9. The lowest BCUT2D eigenvalue weighted by Crippen LogP contribution is -2.42. The molecule has 256 valence electrons. The number of anilines is 2. The van der Waals surface area contributed by atoms with E-state index in [1.54, 1.807) is 43.0 Å². The molecule has 3 fully saturated rings. The number of thioether (sulfide) groups is 1. The third-order valence-corrected chi connectivity index (χ3v) is 13.4. The molecule has 2 aliphatic carbocycles. The number of benzene rings is 3. The topological polar surface area (TPSA) is 135 Å². The van der Waals surface area contributed by atoms with Gasteiger partial charge >= 0.3 is 10.8 Å². The summed E-state index contributed by atoms with van der Waals surface area (Å²) in [6, 6.07) is 19.5. The van der Waals surface area contributed by atoms with E-state index in [-0.39, 0.29) is 64.7 Å². The van der Waals surface area contributed by atoms with Gasteiger partial charge in [0.2, 0.25) is 11.8 Å². The number of carbonyl (C=O) groups is 4. The summed E-state index contributed by atoms with van der Waals surface area (Å²) in [7, 11) is 0. The SMILES string of the molecule is CCOC(=O)c1ccc(NC(=O)COc2ccc(Br)cc2[C@@H]2c3sc(=O)[nH]c3S[C@@H]3[C@@H]4C[C@@H]([C@@H]5C(=O)N(c6ccc(C)cc6)C(=O)[C@@H]45)[C@H]23)cc1. The Kier molecular flexibility index (Phi) is 8.47. The number of esters is 1. The Balaban J connectivity index is 1.08. The second kappa shape index (κ2) is 12.8. The molecule has 7 atom stereocenters. The first kappa shape index (κ1) is 33.0. The van der Waals surface area contributed by atoms with Crippen LogP contribution in [0.15, 0.2) is 81.0 Å². The van der Waals surface area contributed by atoms with Gasteiger partial charge in [0, 0.05) is 31.8 Å². The average molecular weight is 775 g/mol. The number of nitrogens with zero attached hydrogens (tertiary/aromatic N) is 1. The molecule has 8 rings (SSSR count). The molecular formula is C37H32BrN3O7S2. The molecule has 13 heteroatoms. The van der Waals surface area contributed by atoms with Gasteiger partial charge in [-0.2, -0.15) is 0 Å². The number of aromatic amines is 1. The van der Waals surface area contributed by atoms with Crippen LogP contribution >= 0.6 is 39.0 Å². The van der Waals surface area contributed by atoms with Gasteiger partial charge in [-0.1, -0.05) is 45.0 Å². The smallest absolute Gasteiger partial charge is 0.338 e. The minimum atomic E-state index is -0.437. The van der Waals surface area contributed by atoms with Crippen LogP contribution in [0.1, 0.15) is 45.6 Å². The maximum atomic E-state index is 14.1. The van der Waals surface area contributed by atoms with Crippen molar-refractivity contribution in [3.8, 4) is 5.75 Å². The number of thiazole rings is 1. The lowest BCUT2D eigenvalue weighted by molar-refractivity contribution is -0.123. The molecule has 2 N–H and O–H groups in total. The number of halogens is 1. The molecule has 1 aromatic heterocycles. The van der Waals surface area contributed by atoms with Crippen molar-refractivity contribution in [3.05, 3.63) is 102 Å². The minimum absolute atomic E-state index is 0.00595. The Morgan fingerprint density at radius 2 is 1.70 bits per heavy atom. The standard InChI is InChI=1S/C37H32BrN3O7S2/c1-3-47-36(45)18-6-9-20(10-7-18)39-26(42)16-48-25-13-8-19(38)14-22(25)27-28-23-15-24(31(28)49-33-32(27)50-37(46)40-33)30-29(23)34(43)41(35(30)44)21-11-4-17(2)5-12-21/h4-14,23-24,27-31H,3,15-16H2,1-2H3,(H,39,42)(H,40,46)/t23-,24-,27+,28-,29+,30+,31-/m1/s1. The number of rotatable bonds is 8. The molecule has 4 aliphatic rings. The van der Waals surface area contributed by atoms with Crippen molar-refractivity contribution in [1.29, 1.82) is 0 Å². The zero-order valence-electron chi connectivity index (χ0n) is 27.0. The highest BCUT2D eigenvalue weighted by Crippen LogP contribution is 2.69. The van der Waals surface area contributed by atoms with E-state index in [0.717, 1.165) is 43.3 Å². The van der Waals surface area contributed by atoms with E-state index in [1.807, 2.05) is 49.4 Å². The normalized spacial score (nSPS) is 26.0. The van der Waals surface area contributed by atoms with Crippen LogP contribution in [0.2, 0.25) is 0 Å². The van der Waals surface area contributed by atoms with E-state index in [4.69, 9.17) is 9.47 Å². The number of fused-ring (bicyclic) bond motifs is 9. The Morgan fingerprint density at radius 3 is 2.42 bits per heavy atom. The van der Waals surface area contributed by atoms with Crippen molar-refractivity contribution in [3.63, 3.8) is 0 Å². The minimum Gasteiger partial charge on any atom is -0.483 e. The fraction of sp³-hybridized carbons (Fsp3) is 0.324. The number of carbonyl (C=O) groups excluding carboxylic acids is 4. The number of amides is 3. The molecule has 50 heavy (non-hydrogen) atoms. The molecule has 2 aliphatic heterocycles. The van der Waals surface area contributed by atoms with Gasteiger partial charge in [-0.3, -0.25) is 24.1 Å². The molecule has 0 spiro atoms. The summed E-state index contributed by atoms with van der Waals surface area (Å²) in [5.41, 5.74) is 3.35. The predicted molar refractivity (Wildman–Crippen MR) is 193 cm³/mol. The maximum Gasteiger partial charge on any atom is 0.338 e. The van der Waals surface area contributed by atoms with Crippen molar-refractivity contribution < 1.29 is 28.7 Å². The fourth-order valence-corrected chi connectivity index (χ4v) is 11.7. The van der Waals surface area contributed by atoms with Gasteiger partial charge < -0.3 is 19.8 Å². The van der Waals surface area contributed by atoms with Crippen LogP contribution in [0.5, 0.6) is 5.75 Å². The van der Waals surface area contributed by atoms with Crippen LogP contribution in [-0.2, 0) is 19.1 Å². The number of aromatic nitrogens is 1. The van der Waals surface area contributed by atoms with Gasteiger partial charge in [-0.25, -0.2) is 4.79 Å². The molecule has 2 saturated carbocycles. The number of ether oxygens (including phenoxy) is 2. The van der Waals surface area contributed by atoms with E-state index in [0.29, 0.717) is 22.7 Å². The van der Waals surface area contributed by atoms with Crippen LogP contribution in [0.3, 0.4) is 0 Å². The maximum absolute atomic E-state index is 14.1. The van der Waals surface area contributed by atoms with Crippen molar-refractivity contribution in [2.75, 3.05) is 23.4 Å². The van der Waals surface area contributed by atoms with Crippen molar-refractivity contribution in [1.82, 2.24) is 4.98 Å². The van der Waals surface area contributed by atoms with E-state index in [2.05, 4.69) is 26.2 Å². The highest BCUT2D eigenvalue weighted by Gasteiger charge is 2.69. The second-order valence-corrected chi connectivity index (χ2v) is 16.2. The number of H-pyrrole nitrogens is 1. The molecule has 1 saturated heterocycles. The molecule has 3 aromatic carbocycles. The number of nitrogens with one attached hydrogen (secondary N) is 2. The van der Waals surface area contributed by atoms with E-state index in [9.17, 15) is 24.0 Å². The second-order valence-electron chi connectivity index (χ2n) is 13.1. The van der Waals surface area contributed by atoms with Gasteiger partial charge in [0.25, 0.3) is 5.91 Å².